The number of furan rings is 1. The molecule has 5 rings (SSSR count). The zero-order valence-corrected chi connectivity index (χ0v) is 16.8. The summed E-state index contributed by atoms with van der Waals surface area (Å²) in [6.07, 6.45) is 0.746. The minimum Gasteiger partial charge on any atom is -0.495 e. The number of nitrogens with one attached hydrogen (secondary N) is 1. The Bertz CT molecular complexity index is 1400. The fourth-order valence-electron chi connectivity index (χ4n) is 3.92. The van der Waals surface area contributed by atoms with Gasteiger partial charge in [0.25, 0.3) is 0 Å². The number of fused-ring (bicyclic) bond motifs is 4. The van der Waals surface area contributed by atoms with Gasteiger partial charge in [-0.15, -0.1) is 0 Å². The first-order chi connectivity index (χ1) is 14.7. The first-order valence-corrected chi connectivity index (χ1v) is 9.91. The highest BCUT2D eigenvalue weighted by atomic mass is 16.5. The van der Waals surface area contributed by atoms with Crippen molar-refractivity contribution in [1.82, 2.24) is 9.55 Å². The van der Waals surface area contributed by atoms with Gasteiger partial charge in [0.05, 0.1) is 23.8 Å². The molecule has 1 amide bonds. The highest BCUT2D eigenvalue weighted by Gasteiger charge is 2.16. The summed E-state index contributed by atoms with van der Waals surface area (Å²) >= 11 is 0. The predicted octanol–water partition coefficient (Wildman–Crippen LogP) is 5.15. The second-order valence-corrected chi connectivity index (χ2v) is 7.15. The van der Waals surface area contributed by atoms with E-state index < -0.39 is 0 Å². The maximum Gasteiger partial charge on any atom is 0.244 e. The first-order valence-electron chi connectivity index (χ1n) is 9.91. The lowest BCUT2D eigenvalue weighted by Gasteiger charge is -2.12. The molecule has 0 saturated carbocycles. The summed E-state index contributed by atoms with van der Waals surface area (Å²) in [7, 11) is 1.59. The van der Waals surface area contributed by atoms with Gasteiger partial charge >= 0.3 is 0 Å². The van der Waals surface area contributed by atoms with Crippen LogP contribution in [0.5, 0.6) is 5.75 Å². The zero-order valence-electron chi connectivity index (χ0n) is 16.8. The smallest absolute Gasteiger partial charge is 0.244 e. The number of hydrogen-bond donors (Lipinski definition) is 1. The molecule has 0 saturated heterocycles. The molecule has 3 aromatic carbocycles. The Morgan fingerprint density at radius 3 is 2.70 bits per heavy atom. The number of benzene rings is 3. The van der Waals surface area contributed by atoms with Crippen LogP contribution in [-0.4, -0.2) is 22.6 Å². The number of amides is 1. The third kappa shape index (κ3) is 2.97. The van der Waals surface area contributed by atoms with Gasteiger partial charge in [0.15, 0.2) is 0 Å². The van der Waals surface area contributed by atoms with Crippen LogP contribution >= 0.6 is 0 Å². The van der Waals surface area contributed by atoms with Gasteiger partial charge < -0.3 is 19.0 Å². The number of carbonyl (C=O) groups excluding carboxylic acids is 1. The van der Waals surface area contributed by atoms with Crippen LogP contribution in [0, 0.1) is 0 Å². The monoisotopic (exact) mass is 399 g/mol. The standard InChI is InChI=1S/C24H21N3O3/c1-3-23-25-17-9-5-6-10-19(17)27(23)14-24(28)26-18-13-21-16(12-22(18)29-2)15-8-4-7-11-20(15)30-21/h4-13H,3,14H2,1-2H3,(H,26,28). The molecule has 0 unspecified atom stereocenters. The van der Waals surface area contributed by atoms with Gasteiger partial charge in [-0.25, -0.2) is 4.98 Å². The van der Waals surface area contributed by atoms with Crippen molar-refractivity contribution < 1.29 is 13.9 Å². The van der Waals surface area contributed by atoms with Gasteiger partial charge in [0.2, 0.25) is 5.91 Å². The average molecular weight is 399 g/mol. The minimum atomic E-state index is -0.151. The van der Waals surface area contributed by atoms with E-state index in [4.69, 9.17) is 9.15 Å². The molecule has 2 heterocycles. The van der Waals surface area contributed by atoms with E-state index in [1.807, 2.05) is 72.2 Å². The van der Waals surface area contributed by atoms with E-state index in [2.05, 4.69) is 10.3 Å². The fourth-order valence-corrected chi connectivity index (χ4v) is 3.92. The number of hydrogen-bond acceptors (Lipinski definition) is 4. The van der Waals surface area contributed by atoms with Gasteiger partial charge in [-0.3, -0.25) is 4.79 Å². The van der Waals surface area contributed by atoms with Crippen LogP contribution in [-0.2, 0) is 17.8 Å². The lowest BCUT2D eigenvalue weighted by molar-refractivity contribution is -0.116. The summed E-state index contributed by atoms with van der Waals surface area (Å²) in [5, 5.41) is 4.95. The first kappa shape index (κ1) is 18.2. The Kier molecular flexibility index (Phi) is 4.39. The Balaban J connectivity index is 1.49. The van der Waals surface area contributed by atoms with Crippen LogP contribution in [0.1, 0.15) is 12.7 Å². The predicted molar refractivity (Wildman–Crippen MR) is 118 cm³/mol. The van der Waals surface area contributed by atoms with E-state index in [1.165, 1.54) is 0 Å². The number of aryl methyl sites for hydroxylation is 1. The van der Waals surface area contributed by atoms with Crippen molar-refractivity contribution in [2.75, 3.05) is 12.4 Å². The molecule has 6 heteroatoms. The molecule has 1 N–H and O–H groups in total. The molecular formula is C24H21N3O3. The number of para-hydroxylation sites is 3. The molecule has 0 bridgehead atoms. The third-order valence-corrected chi connectivity index (χ3v) is 5.32. The van der Waals surface area contributed by atoms with E-state index >= 15 is 0 Å². The van der Waals surface area contributed by atoms with E-state index in [0.29, 0.717) is 17.0 Å². The van der Waals surface area contributed by atoms with Gasteiger partial charge in [-0.05, 0) is 24.3 Å². The molecule has 0 aliphatic rings. The molecule has 0 atom stereocenters. The molecule has 0 radical (unpaired) electrons. The number of methoxy groups -OCH3 is 1. The highest BCUT2D eigenvalue weighted by molar-refractivity contribution is 6.07. The molecular weight excluding hydrogens is 378 g/mol. The van der Waals surface area contributed by atoms with E-state index in [-0.39, 0.29) is 12.5 Å². The number of imidazole rings is 1. The molecule has 150 valence electrons. The minimum absolute atomic E-state index is 0.151. The zero-order chi connectivity index (χ0) is 20.7. The van der Waals surface area contributed by atoms with Crippen LogP contribution in [0.4, 0.5) is 5.69 Å². The van der Waals surface area contributed by atoms with Crippen LogP contribution < -0.4 is 10.1 Å². The second-order valence-electron chi connectivity index (χ2n) is 7.15. The highest BCUT2D eigenvalue weighted by Crippen LogP contribution is 2.36. The SMILES string of the molecule is CCc1nc2ccccc2n1CC(=O)Nc1cc2oc3ccccc3c2cc1OC. The van der Waals surface area contributed by atoms with Crippen molar-refractivity contribution in [3.63, 3.8) is 0 Å². The van der Waals surface area contributed by atoms with Crippen LogP contribution in [0.2, 0.25) is 0 Å². The van der Waals surface area contributed by atoms with Gasteiger partial charge in [-0.1, -0.05) is 37.3 Å². The van der Waals surface area contributed by atoms with Gasteiger partial charge in [0.1, 0.15) is 29.3 Å². The third-order valence-electron chi connectivity index (χ3n) is 5.32. The Morgan fingerprint density at radius 2 is 1.87 bits per heavy atom. The normalized spacial score (nSPS) is 11.4. The summed E-state index contributed by atoms with van der Waals surface area (Å²) in [6, 6.07) is 19.4. The van der Waals surface area contributed by atoms with E-state index in [1.54, 1.807) is 7.11 Å². The number of aromatic nitrogens is 2. The lowest BCUT2D eigenvalue weighted by atomic mass is 10.1. The molecule has 6 nitrogen and oxygen atoms in total. The summed E-state index contributed by atoms with van der Waals surface area (Å²) in [4.78, 5) is 17.6. The second kappa shape index (κ2) is 7.22. The fraction of sp³-hybridized carbons (Fsp3) is 0.167. The molecule has 0 spiro atoms. The number of ether oxygens (including phenoxy) is 1. The van der Waals surface area contributed by atoms with E-state index in [9.17, 15) is 4.79 Å². The van der Waals surface area contributed by atoms with Crippen LogP contribution in [0.25, 0.3) is 33.0 Å². The van der Waals surface area contributed by atoms with Crippen molar-refractivity contribution >= 4 is 44.6 Å². The Hall–Kier alpha value is -3.80. The molecule has 30 heavy (non-hydrogen) atoms. The van der Waals surface area contributed by atoms with Crippen molar-refractivity contribution in [3.05, 3.63) is 66.5 Å². The maximum absolute atomic E-state index is 12.9. The summed E-state index contributed by atoms with van der Waals surface area (Å²) in [6.45, 7) is 2.21. The number of anilines is 1. The van der Waals surface area contributed by atoms with Gasteiger partial charge in [0, 0.05) is 23.3 Å². The van der Waals surface area contributed by atoms with Crippen molar-refractivity contribution in [1.29, 1.82) is 0 Å². The average Bonchev–Trinajstić information content (AvgIpc) is 3.30. The van der Waals surface area contributed by atoms with Crippen molar-refractivity contribution in [3.8, 4) is 5.75 Å². The number of carbonyl (C=O) groups is 1. The molecule has 0 aliphatic carbocycles. The maximum atomic E-state index is 12.9. The molecule has 0 fully saturated rings. The molecule has 5 aromatic rings. The Morgan fingerprint density at radius 1 is 1.07 bits per heavy atom. The van der Waals surface area contributed by atoms with Crippen LogP contribution in [0.3, 0.4) is 0 Å². The summed E-state index contributed by atoms with van der Waals surface area (Å²) < 4.78 is 13.5. The topological polar surface area (TPSA) is 69.3 Å². The summed E-state index contributed by atoms with van der Waals surface area (Å²) in [5.41, 5.74) is 3.93. The van der Waals surface area contributed by atoms with E-state index in [0.717, 1.165) is 39.6 Å². The van der Waals surface area contributed by atoms with Crippen molar-refractivity contribution in [2.45, 2.75) is 19.9 Å². The molecule has 2 aromatic heterocycles. The van der Waals surface area contributed by atoms with Crippen LogP contribution in [0.15, 0.2) is 65.1 Å². The summed E-state index contributed by atoms with van der Waals surface area (Å²) in [5.74, 6) is 1.32. The largest absolute Gasteiger partial charge is 0.495 e. The quantitative estimate of drug-likeness (QED) is 0.444. The Labute approximate surface area is 173 Å². The van der Waals surface area contributed by atoms with Crippen molar-refractivity contribution in [2.24, 2.45) is 0 Å². The number of rotatable bonds is 5. The molecule has 0 aliphatic heterocycles. The van der Waals surface area contributed by atoms with Gasteiger partial charge in [-0.2, -0.15) is 0 Å². The lowest BCUT2D eigenvalue weighted by Crippen LogP contribution is -2.20. The number of nitrogens with zero attached hydrogens (tertiary/aromatic N) is 2.